The lowest BCUT2D eigenvalue weighted by atomic mass is 9.52. The quantitative estimate of drug-likeness (QED) is 0.863. The van der Waals surface area contributed by atoms with Gasteiger partial charge in [0, 0.05) is 18.0 Å². The molecule has 7 nitrogen and oxygen atoms in total. The predicted octanol–water partition coefficient (Wildman–Crippen LogP) is 2.31. The van der Waals surface area contributed by atoms with Gasteiger partial charge < -0.3 is 9.47 Å². The maximum Gasteiger partial charge on any atom is 0.347 e. The van der Waals surface area contributed by atoms with Gasteiger partial charge in [-0.3, -0.25) is 0 Å². The summed E-state index contributed by atoms with van der Waals surface area (Å²) in [5.41, 5.74) is 0.224. The summed E-state index contributed by atoms with van der Waals surface area (Å²) >= 11 is 0. The molecule has 2 atom stereocenters. The van der Waals surface area contributed by atoms with Gasteiger partial charge in [0.25, 0.3) is 0 Å². The summed E-state index contributed by atoms with van der Waals surface area (Å²) < 4.78 is 13.2. The number of pyridine rings is 1. The van der Waals surface area contributed by atoms with Crippen molar-refractivity contribution in [1.29, 1.82) is 0 Å². The number of H-pyrrole nitrogens is 1. The van der Waals surface area contributed by atoms with Crippen LogP contribution in [0.5, 0.6) is 0 Å². The number of aromatic nitrogens is 3. The molecule has 134 valence electrons. The third-order valence-electron chi connectivity index (χ3n) is 5.39. The van der Waals surface area contributed by atoms with Gasteiger partial charge in [0.2, 0.25) is 0 Å². The molecule has 0 saturated heterocycles. The second-order valence-corrected chi connectivity index (χ2v) is 8.11. The van der Waals surface area contributed by atoms with E-state index in [9.17, 15) is 9.59 Å². The molecule has 0 bridgehead atoms. The van der Waals surface area contributed by atoms with E-state index in [-0.39, 0.29) is 28.9 Å². The molecule has 2 aliphatic carbocycles. The SMILES string of the molecule is CC(C)(C)O[C@@H]1C[C@@H](OC(=O)c2ccc3n[nH]c(=O)n3c2)C12CCC2. The first-order chi connectivity index (χ1) is 11.8. The van der Waals surface area contributed by atoms with Crippen LogP contribution in [0.1, 0.15) is 56.8 Å². The standard InChI is InChI=1S/C18H23N3O4/c1-17(2,3)25-13-9-12(18(13)7-4-8-18)24-15(22)11-5-6-14-19-20-16(23)21(14)10-11/h5-6,10,12-13H,4,7-9H2,1-3H3,(H,20,23)/t12-,13-/m1/s1. The first-order valence-corrected chi connectivity index (χ1v) is 8.74. The fourth-order valence-corrected chi connectivity index (χ4v) is 3.92. The molecular weight excluding hydrogens is 322 g/mol. The molecule has 25 heavy (non-hydrogen) atoms. The highest BCUT2D eigenvalue weighted by Crippen LogP contribution is 2.59. The van der Waals surface area contributed by atoms with Crippen molar-refractivity contribution in [3.8, 4) is 0 Å². The Morgan fingerprint density at radius 3 is 2.72 bits per heavy atom. The van der Waals surface area contributed by atoms with Crippen LogP contribution in [0.4, 0.5) is 0 Å². The summed E-state index contributed by atoms with van der Waals surface area (Å²) in [4.78, 5) is 24.2. The van der Waals surface area contributed by atoms with E-state index in [0.29, 0.717) is 11.2 Å². The first-order valence-electron chi connectivity index (χ1n) is 8.74. The molecule has 2 saturated carbocycles. The van der Waals surface area contributed by atoms with Crippen molar-refractivity contribution in [2.24, 2.45) is 5.41 Å². The lowest BCUT2D eigenvalue weighted by Gasteiger charge is -2.60. The van der Waals surface area contributed by atoms with Crippen molar-refractivity contribution in [1.82, 2.24) is 14.6 Å². The van der Waals surface area contributed by atoms with Crippen molar-refractivity contribution in [3.05, 3.63) is 34.4 Å². The highest BCUT2D eigenvalue weighted by molar-refractivity contribution is 5.89. The zero-order valence-electron chi connectivity index (χ0n) is 14.7. The molecule has 1 spiro atoms. The van der Waals surface area contributed by atoms with E-state index < -0.39 is 5.97 Å². The van der Waals surface area contributed by atoms with E-state index in [1.165, 1.54) is 10.6 Å². The van der Waals surface area contributed by atoms with Crippen LogP contribution in [0.3, 0.4) is 0 Å². The minimum absolute atomic E-state index is 0.0283. The summed E-state index contributed by atoms with van der Waals surface area (Å²) in [6.07, 6.45) is 5.46. The number of hydrogen-bond donors (Lipinski definition) is 1. The highest BCUT2D eigenvalue weighted by Gasteiger charge is 2.61. The fourth-order valence-electron chi connectivity index (χ4n) is 3.92. The van der Waals surface area contributed by atoms with Crippen LogP contribution in [0.25, 0.3) is 5.65 Å². The topological polar surface area (TPSA) is 85.7 Å². The lowest BCUT2D eigenvalue weighted by Crippen LogP contribution is -2.64. The Balaban J connectivity index is 1.49. The Hall–Kier alpha value is -2.15. The molecular formula is C18H23N3O4. The van der Waals surface area contributed by atoms with E-state index in [2.05, 4.69) is 31.0 Å². The predicted molar refractivity (Wildman–Crippen MR) is 90.5 cm³/mol. The summed E-state index contributed by atoms with van der Waals surface area (Å²) in [5.74, 6) is -0.402. The van der Waals surface area contributed by atoms with E-state index in [1.54, 1.807) is 12.1 Å². The number of hydrogen-bond acceptors (Lipinski definition) is 5. The Morgan fingerprint density at radius 2 is 2.08 bits per heavy atom. The summed E-state index contributed by atoms with van der Waals surface area (Å²) in [7, 11) is 0. The number of rotatable bonds is 3. The molecule has 1 N–H and O–H groups in total. The molecule has 2 fully saturated rings. The molecule has 0 amide bonds. The Kier molecular flexibility index (Phi) is 3.54. The van der Waals surface area contributed by atoms with Crippen LogP contribution in [0.15, 0.2) is 23.1 Å². The number of esters is 1. The van der Waals surface area contributed by atoms with Crippen LogP contribution >= 0.6 is 0 Å². The van der Waals surface area contributed by atoms with Crippen LogP contribution in [0, 0.1) is 5.41 Å². The number of aromatic amines is 1. The van der Waals surface area contributed by atoms with Gasteiger partial charge in [0.05, 0.1) is 17.3 Å². The van der Waals surface area contributed by atoms with Crippen molar-refractivity contribution < 1.29 is 14.3 Å². The number of carbonyl (C=O) groups is 1. The van der Waals surface area contributed by atoms with Crippen molar-refractivity contribution in [2.45, 2.75) is 64.3 Å². The summed E-state index contributed by atoms with van der Waals surface area (Å²) in [6.45, 7) is 6.16. The van der Waals surface area contributed by atoms with Crippen molar-refractivity contribution in [2.75, 3.05) is 0 Å². The zero-order chi connectivity index (χ0) is 17.8. The van der Waals surface area contributed by atoms with Gasteiger partial charge in [-0.25, -0.2) is 19.1 Å². The maximum atomic E-state index is 12.5. The second kappa shape index (κ2) is 5.42. The lowest BCUT2D eigenvalue weighted by molar-refractivity contribution is -0.254. The zero-order valence-corrected chi connectivity index (χ0v) is 14.7. The minimum atomic E-state index is -0.402. The molecule has 0 aromatic carbocycles. The summed E-state index contributed by atoms with van der Waals surface area (Å²) in [5, 5.41) is 6.21. The largest absolute Gasteiger partial charge is 0.458 e. The Labute approximate surface area is 145 Å². The number of nitrogens with one attached hydrogen (secondary N) is 1. The summed E-state index contributed by atoms with van der Waals surface area (Å²) in [6, 6.07) is 3.26. The van der Waals surface area contributed by atoms with Crippen molar-refractivity contribution in [3.63, 3.8) is 0 Å². The Morgan fingerprint density at radius 1 is 1.32 bits per heavy atom. The molecule has 2 aliphatic rings. The molecule has 0 radical (unpaired) electrons. The molecule has 7 heteroatoms. The monoisotopic (exact) mass is 345 g/mol. The molecule has 4 rings (SSSR count). The first kappa shape index (κ1) is 16.3. The second-order valence-electron chi connectivity index (χ2n) is 8.11. The normalized spacial score (nSPS) is 24.8. The fraction of sp³-hybridized carbons (Fsp3) is 0.611. The number of fused-ring (bicyclic) bond motifs is 1. The molecule has 0 unspecified atom stereocenters. The number of ether oxygens (including phenoxy) is 2. The van der Waals surface area contributed by atoms with Gasteiger partial charge in [-0.1, -0.05) is 6.42 Å². The minimum Gasteiger partial charge on any atom is -0.458 e. The van der Waals surface area contributed by atoms with Crippen LogP contribution in [-0.2, 0) is 9.47 Å². The molecule has 2 heterocycles. The molecule has 2 aromatic heterocycles. The van der Waals surface area contributed by atoms with Crippen LogP contribution < -0.4 is 5.69 Å². The van der Waals surface area contributed by atoms with Gasteiger partial charge in [0.1, 0.15) is 6.10 Å². The van der Waals surface area contributed by atoms with Crippen LogP contribution in [-0.4, -0.2) is 38.4 Å². The highest BCUT2D eigenvalue weighted by atomic mass is 16.6. The smallest absolute Gasteiger partial charge is 0.347 e. The van der Waals surface area contributed by atoms with Gasteiger partial charge in [-0.05, 0) is 45.7 Å². The molecule has 2 aromatic rings. The van der Waals surface area contributed by atoms with E-state index in [0.717, 1.165) is 25.7 Å². The van der Waals surface area contributed by atoms with Gasteiger partial charge >= 0.3 is 11.7 Å². The van der Waals surface area contributed by atoms with Gasteiger partial charge in [0.15, 0.2) is 5.65 Å². The van der Waals surface area contributed by atoms with Crippen LogP contribution in [0.2, 0.25) is 0 Å². The Bertz CT molecular complexity index is 872. The maximum absolute atomic E-state index is 12.5. The van der Waals surface area contributed by atoms with E-state index in [1.807, 2.05) is 0 Å². The van der Waals surface area contributed by atoms with E-state index >= 15 is 0 Å². The third kappa shape index (κ3) is 2.66. The third-order valence-corrected chi connectivity index (χ3v) is 5.39. The van der Waals surface area contributed by atoms with Gasteiger partial charge in [-0.15, -0.1) is 0 Å². The average molecular weight is 345 g/mol. The van der Waals surface area contributed by atoms with Crippen molar-refractivity contribution >= 4 is 11.6 Å². The average Bonchev–Trinajstić information content (AvgIpc) is 2.84. The van der Waals surface area contributed by atoms with Gasteiger partial charge in [-0.2, -0.15) is 5.10 Å². The van der Waals surface area contributed by atoms with E-state index in [4.69, 9.17) is 9.47 Å². The molecule has 0 aliphatic heterocycles. The number of carbonyl (C=O) groups excluding carboxylic acids is 1. The number of nitrogens with zero attached hydrogens (tertiary/aromatic N) is 2.